The van der Waals surface area contributed by atoms with Crippen LogP contribution in [0, 0.1) is 17.2 Å². The molecule has 5 nitrogen and oxygen atoms in total. The number of rotatable bonds is 10. The first-order valence-corrected chi connectivity index (χ1v) is 11.1. The zero-order valence-electron chi connectivity index (χ0n) is 19.1. The smallest absolute Gasteiger partial charge is 0.257 e. The van der Waals surface area contributed by atoms with E-state index in [0.29, 0.717) is 30.4 Å². The summed E-state index contributed by atoms with van der Waals surface area (Å²) in [5, 5.41) is 14.8. The van der Waals surface area contributed by atoms with Crippen LogP contribution in [0.3, 0.4) is 0 Å². The number of alkyl halides is 2. The Balaban J connectivity index is 1.78. The van der Waals surface area contributed by atoms with Gasteiger partial charge in [-0.25, -0.2) is 8.78 Å². The first-order chi connectivity index (χ1) is 15.6. The maximum Gasteiger partial charge on any atom is 0.257 e. The Morgan fingerprint density at radius 2 is 1.58 bits per heavy atom. The SMILES string of the molecule is CC(=O)c1ccc(-c2ccc([C@H](N[C@@H](CC(C)C)C(=O)NC3(C#N)CC3)C(F)F)cc2)cc1. The maximum atomic E-state index is 14.0. The molecule has 0 radical (unpaired) electrons. The molecule has 1 saturated carbocycles. The Morgan fingerprint density at radius 1 is 1.03 bits per heavy atom. The van der Waals surface area contributed by atoms with Crippen LogP contribution in [0.1, 0.15) is 62.0 Å². The molecule has 33 heavy (non-hydrogen) atoms. The van der Waals surface area contributed by atoms with Gasteiger partial charge in [-0.15, -0.1) is 0 Å². The molecular weight excluding hydrogens is 424 g/mol. The van der Waals surface area contributed by atoms with Crippen molar-refractivity contribution in [1.82, 2.24) is 10.6 Å². The molecule has 174 valence electrons. The molecule has 0 bridgehead atoms. The first kappa shape index (κ1) is 24.5. The van der Waals surface area contributed by atoms with Crippen molar-refractivity contribution >= 4 is 11.7 Å². The van der Waals surface area contributed by atoms with Gasteiger partial charge in [-0.3, -0.25) is 14.9 Å². The summed E-state index contributed by atoms with van der Waals surface area (Å²) in [6.45, 7) is 5.34. The Morgan fingerprint density at radius 3 is 2.00 bits per heavy atom. The number of carbonyl (C=O) groups is 2. The number of hydrogen-bond donors (Lipinski definition) is 2. The summed E-state index contributed by atoms with van der Waals surface area (Å²) < 4.78 is 28.1. The second-order valence-corrected chi connectivity index (χ2v) is 9.10. The molecule has 7 heteroatoms. The molecule has 2 N–H and O–H groups in total. The van der Waals surface area contributed by atoms with E-state index in [9.17, 15) is 23.6 Å². The second kappa shape index (κ2) is 10.2. The lowest BCUT2D eigenvalue weighted by Crippen LogP contribution is -2.51. The van der Waals surface area contributed by atoms with Crippen molar-refractivity contribution in [3.63, 3.8) is 0 Å². The number of nitrogens with one attached hydrogen (secondary N) is 2. The van der Waals surface area contributed by atoms with Gasteiger partial charge in [-0.1, -0.05) is 62.4 Å². The Bertz CT molecular complexity index is 1020. The average molecular weight is 454 g/mol. The molecule has 0 saturated heterocycles. The highest BCUT2D eigenvalue weighted by Gasteiger charge is 2.46. The standard InChI is InChI=1S/C26H29F2N3O2/c1-16(2)14-22(25(33)31-26(15-29)12-13-26)30-23(24(27)28)21-10-8-20(9-11-21)19-6-4-18(5-7-19)17(3)32/h4-11,16,22-24,30H,12-14H2,1-3H3,(H,31,33)/t22-,23-/m0/s1. The summed E-state index contributed by atoms with van der Waals surface area (Å²) in [5.41, 5.74) is 1.83. The molecule has 0 aromatic heterocycles. The molecule has 1 aliphatic rings. The van der Waals surface area contributed by atoms with Crippen LogP contribution in [0.4, 0.5) is 8.78 Å². The van der Waals surface area contributed by atoms with Crippen LogP contribution >= 0.6 is 0 Å². The molecular formula is C26H29F2N3O2. The van der Waals surface area contributed by atoms with E-state index in [1.165, 1.54) is 6.92 Å². The van der Waals surface area contributed by atoms with Gasteiger partial charge in [-0.2, -0.15) is 5.26 Å². The molecule has 2 aromatic rings. The van der Waals surface area contributed by atoms with Crippen LogP contribution in [-0.2, 0) is 4.79 Å². The number of amides is 1. The van der Waals surface area contributed by atoms with Crippen LogP contribution < -0.4 is 10.6 Å². The fourth-order valence-electron chi connectivity index (χ4n) is 3.75. The molecule has 0 aliphatic heterocycles. The van der Waals surface area contributed by atoms with Crippen LogP contribution in [0.15, 0.2) is 48.5 Å². The van der Waals surface area contributed by atoms with Gasteiger partial charge < -0.3 is 5.32 Å². The summed E-state index contributed by atoms with van der Waals surface area (Å²) in [7, 11) is 0. The van der Waals surface area contributed by atoms with Gasteiger partial charge in [0.05, 0.1) is 18.2 Å². The predicted octanol–water partition coefficient (Wildman–Crippen LogP) is 5.04. The maximum absolute atomic E-state index is 14.0. The van der Waals surface area contributed by atoms with Crippen molar-refractivity contribution in [2.24, 2.45) is 5.92 Å². The van der Waals surface area contributed by atoms with Crippen molar-refractivity contribution in [2.75, 3.05) is 0 Å². The van der Waals surface area contributed by atoms with Crippen LogP contribution in [0.25, 0.3) is 11.1 Å². The lowest BCUT2D eigenvalue weighted by Gasteiger charge is -2.27. The number of carbonyl (C=O) groups excluding carboxylic acids is 2. The summed E-state index contributed by atoms with van der Waals surface area (Å²) >= 11 is 0. The third kappa shape index (κ3) is 6.23. The van der Waals surface area contributed by atoms with Gasteiger partial charge in [0.2, 0.25) is 5.91 Å². The lowest BCUT2D eigenvalue weighted by molar-refractivity contribution is -0.124. The van der Waals surface area contributed by atoms with Crippen molar-refractivity contribution < 1.29 is 18.4 Å². The number of nitriles is 1. The van der Waals surface area contributed by atoms with E-state index < -0.39 is 30.0 Å². The van der Waals surface area contributed by atoms with Gasteiger partial charge in [0, 0.05) is 5.56 Å². The highest BCUT2D eigenvalue weighted by atomic mass is 19.3. The van der Waals surface area contributed by atoms with Crippen molar-refractivity contribution in [3.05, 3.63) is 59.7 Å². The van der Waals surface area contributed by atoms with E-state index in [0.717, 1.165) is 11.1 Å². The summed E-state index contributed by atoms with van der Waals surface area (Å²) in [4.78, 5) is 24.3. The van der Waals surface area contributed by atoms with Crippen molar-refractivity contribution in [1.29, 1.82) is 5.26 Å². The van der Waals surface area contributed by atoms with E-state index in [1.54, 1.807) is 36.4 Å². The summed E-state index contributed by atoms with van der Waals surface area (Å²) in [5.74, 6) is -0.343. The minimum absolute atomic E-state index is 0.0230. The van der Waals surface area contributed by atoms with E-state index in [2.05, 4.69) is 16.7 Å². The molecule has 2 aromatic carbocycles. The van der Waals surface area contributed by atoms with Crippen LogP contribution in [-0.4, -0.2) is 29.7 Å². The van der Waals surface area contributed by atoms with E-state index in [4.69, 9.17) is 0 Å². The monoisotopic (exact) mass is 453 g/mol. The Hall–Kier alpha value is -3.11. The van der Waals surface area contributed by atoms with Crippen molar-refractivity contribution in [3.8, 4) is 17.2 Å². The fourth-order valence-corrected chi connectivity index (χ4v) is 3.75. The summed E-state index contributed by atoms with van der Waals surface area (Å²) in [6, 6.07) is 13.8. The second-order valence-electron chi connectivity index (χ2n) is 9.10. The predicted molar refractivity (Wildman–Crippen MR) is 123 cm³/mol. The topological polar surface area (TPSA) is 82.0 Å². The average Bonchev–Trinajstić information content (AvgIpc) is 3.56. The molecule has 0 spiro atoms. The Kier molecular flexibility index (Phi) is 7.60. The fraction of sp³-hybridized carbons (Fsp3) is 0.423. The zero-order chi connectivity index (χ0) is 24.2. The highest BCUT2D eigenvalue weighted by molar-refractivity contribution is 5.94. The first-order valence-electron chi connectivity index (χ1n) is 11.1. The number of halogens is 2. The number of ketones is 1. The van der Waals surface area contributed by atoms with Crippen LogP contribution in [0.2, 0.25) is 0 Å². The van der Waals surface area contributed by atoms with Gasteiger partial charge >= 0.3 is 0 Å². The van der Waals surface area contributed by atoms with Gasteiger partial charge in [-0.05, 0) is 48.8 Å². The van der Waals surface area contributed by atoms with Gasteiger partial charge in [0.1, 0.15) is 5.54 Å². The highest BCUT2D eigenvalue weighted by Crippen LogP contribution is 2.34. The van der Waals surface area contributed by atoms with E-state index in [-0.39, 0.29) is 11.7 Å². The number of Topliss-reactive ketones (excluding diaryl/α,β-unsaturated/α-hetero) is 1. The number of nitrogens with zero attached hydrogens (tertiary/aromatic N) is 1. The molecule has 3 rings (SSSR count). The quantitative estimate of drug-likeness (QED) is 0.494. The van der Waals surface area contributed by atoms with E-state index >= 15 is 0 Å². The molecule has 0 heterocycles. The summed E-state index contributed by atoms with van der Waals surface area (Å²) in [6.07, 6.45) is -1.19. The number of benzene rings is 2. The van der Waals surface area contributed by atoms with E-state index in [1.807, 2.05) is 26.0 Å². The minimum Gasteiger partial charge on any atom is -0.336 e. The number of hydrogen-bond acceptors (Lipinski definition) is 4. The van der Waals surface area contributed by atoms with Gasteiger partial charge in [0.15, 0.2) is 5.78 Å². The largest absolute Gasteiger partial charge is 0.336 e. The normalized spacial score (nSPS) is 16.2. The third-order valence-electron chi connectivity index (χ3n) is 5.88. The van der Waals surface area contributed by atoms with Gasteiger partial charge in [0.25, 0.3) is 6.43 Å². The minimum atomic E-state index is -2.72. The zero-order valence-corrected chi connectivity index (χ0v) is 19.1. The third-order valence-corrected chi connectivity index (χ3v) is 5.88. The molecule has 1 fully saturated rings. The molecule has 2 atom stereocenters. The lowest BCUT2D eigenvalue weighted by atomic mass is 9.97. The molecule has 1 aliphatic carbocycles. The van der Waals surface area contributed by atoms with Crippen LogP contribution in [0.5, 0.6) is 0 Å². The van der Waals surface area contributed by atoms with Crippen molar-refractivity contribution in [2.45, 2.75) is 64.1 Å². The molecule has 1 amide bonds. The molecule has 0 unspecified atom stereocenters. The Labute approximate surface area is 193 Å².